The Labute approximate surface area is 200 Å². The van der Waals surface area contributed by atoms with E-state index < -0.39 is 0 Å². The zero-order chi connectivity index (χ0) is 20.6. The van der Waals surface area contributed by atoms with Crippen molar-refractivity contribution in [2.75, 3.05) is 13.3 Å². The molecule has 6 nitrogen and oxygen atoms in total. The second-order valence-electron chi connectivity index (χ2n) is 6.91. The Morgan fingerprint density at radius 3 is 2.37 bits per heavy atom. The molecule has 0 aliphatic heterocycles. The molecule has 0 atom stereocenters. The number of aliphatic imine (C=N–C) groups is 1. The number of aromatic nitrogens is 3. The number of benzene rings is 2. The topological polar surface area (TPSA) is 58.3 Å². The maximum absolute atomic E-state index is 4.85. The van der Waals surface area contributed by atoms with Gasteiger partial charge in [-0.05, 0) is 36.4 Å². The van der Waals surface area contributed by atoms with Crippen LogP contribution in [0.3, 0.4) is 0 Å². The average molecular weight is 536 g/mol. The van der Waals surface area contributed by atoms with E-state index in [0.717, 1.165) is 24.2 Å². The highest BCUT2D eigenvalue weighted by molar-refractivity contribution is 14.0. The Morgan fingerprint density at radius 2 is 1.77 bits per heavy atom. The molecule has 0 unspecified atom stereocenters. The first kappa shape index (κ1) is 24.2. The highest BCUT2D eigenvalue weighted by atomic mass is 127. The maximum Gasteiger partial charge on any atom is 0.194 e. The molecule has 0 aliphatic carbocycles. The lowest BCUT2D eigenvalue weighted by Crippen LogP contribution is -2.38. The highest BCUT2D eigenvalue weighted by Gasteiger charge is 2.11. The number of nitrogens with one attached hydrogen (secondary N) is 1. The normalized spacial score (nSPS) is 11.1. The van der Waals surface area contributed by atoms with Crippen molar-refractivity contribution >= 4 is 41.7 Å². The van der Waals surface area contributed by atoms with E-state index in [0.29, 0.717) is 13.1 Å². The largest absolute Gasteiger partial charge is 0.349 e. The van der Waals surface area contributed by atoms with Crippen LogP contribution >= 0.6 is 35.7 Å². The van der Waals surface area contributed by atoms with Crippen molar-refractivity contribution in [2.24, 2.45) is 12.0 Å². The summed E-state index contributed by atoms with van der Waals surface area (Å²) in [6.45, 7) is 3.91. The molecule has 0 bridgehead atoms. The number of thioether (sulfide) groups is 1. The van der Waals surface area contributed by atoms with Gasteiger partial charge in [0.05, 0.1) is 13.1 Å². The third-order valence-electron chi connectivity index (χ3n) is 4.78. The van der Waals surface area contributed by atoms with Crippen LogP contribution in [-0.4, -0.2) is 38.9 Å². The molecule has 0 fully saturated rings. The fourth-order valence-corrected chi connectivity index (χ4v) is 3.31. The smallest absolute Gasteiger partial charge is 0.194 e. The molecule has 1 N–H and O–H groups in total. The molecule has 30 heavy (non-hydrogen) atoms. The number of halogens is 1. The Balaban J connectivity index is 0.00000320. The lowest BCUT2D eigenvalue weighted by atomic mass is 10.2. The second-order valence-corrected chi connectivity index (χ2v) is 7.79. The van der Waals surface area contributed by atoms with Gasteiger partial charge in [-0.25, -0.2) is 4.99 Å². The van der Waals surface area contributed by atoms with Gasteiger partial charge >= 0.3 is 0 Å². The molecule has 0 amide bonds. The van der Waals surface area contributed by atoms with Crippen molar-refractivity contribution in [1.29, 1.82) is 0 Å². The molecule has 1 aromatic heterocycles. The lowest BCUT2D eigenvalue weighted by molar-refractivity contribution is 0.472. The Bertz CT molecular complexity index is 940. The van der Waals surface area contributed by atoms with Gasteiger partial charge in [0.15, 0.2) is 11.8 Å². The zero-order valence-corrected chi connectivity index (χ0v) is 21.0. The van der Waals surface area contributed by atoms with E-state index in [2.05, 4.69) is 70.1 Å². The van der Waals surface area contributed by atoms with Gasteiger partial charge in [-0.2, -0.15) is 0 Å². The van der Waals surface area contributed by atoms with Gasteiger partial charge in [-0.3, -0.25) is 0 Å². The fourth-order valence-electron chi connectivity index (χ4n) is 2.90. The van der Waals surface area contributed by atoms with Gasteiger partial charge in [-0.1, -0.05) is 42.5 Å². The summed E-state index contributed by atoms with van der Waals surface area (Å²) in [5.41, 5.74) is 2.42. The second kappa shape index (κ2) is 11.9. The van der Waals surface area contributed by atoms with Crippen LogP contribution in [0, 0.1) is 6.92 Å². The van der Waals surface area contributed by atoms with E-state index in [1.54, 1.807) is 11.8 Å². The summed E-state index contributed by atoms with van der Waals surface area (Å²) in [5, 5.41) is 11.8. The van der Waals surface area contributed by atoms with E-state index >= 15 is 0 Å². The van der Waals surface area contributed by atoms with Crippen molar-refractivity contribution < 1.29 is 0 Å². The van der Waals surface area contributed by atoms with Crippen LogP contribution in [0.15, 0.2) is 64.5 Å². The Kier molecular flexibility index (Phi) is 9.64. The average Bonchev–Trinajstić information content (AvgIpc) is 3.07. The molecule has 8 heteroatoms. The van der Waals surface area contributed by atoms with E-state index in [4.69, 9.17) is 4.99 Å². The molecular formula is C22H29IN6S. The summed E-state index contributed by atoms with van der Waals surface area (Å²) >= 11 is 1.75. The standard InChI is InChI=1S/C22H28N6S.HI/c1-17-25-26-21(28(17)3)15-24-22(23-14-18-8-6-5-7-9-18)27(2)16-19-10-12-20(29-4)13-11-19;/h5-13H,14-16H2,1-4H3,(H,23,24);1H. The first-order chi connectivity index (χ1) is 14.1. The van der Waals surface area contributed by atoms with Crippen molar-refractivity contribution in [3.63, 3.8) is 0 Å². The quantitative estimate of drug-likeness (QED) is 0.212. The summed E-state index contributed by atoms with van der Waals surface area (Å²) in [7, 11) is 4.03. The number of hydrogen-bond donors (Lipinski definition) is 1. The fraction of sp³-hybridized carbons (Fsp3) is 0.318. The number of guanidine groups is 1. The molecular weight excluding hydrogens is 507 g/mol. The molecule has 3 rings (SSSR count). The van der Waals surface area contributed by atoms with Crippen LogP contribution in [0.5, 0.6) is 0 Å². The van der Waals surface area contributed by atoms with Crippen LogP contribution in [0.2, 0.25) is 0 Å². The minimum Gasteiger partial charge on any atom is -0.349 e. The molecule has 0 aliphatic rings. The summed E-state index contributed by atoms with van der Waals surface area (Å²) in [6, 6.07) is 18.9. The molecule has 3 aromatic rings. The van der Waals surface area contributed by atoms with Crippen molar-refractivity contribution in [3.05, 3.63) is 77.4 Å². The van der Waals surface area contributed by atoms with Crippen molar-refractivity contribution in [2.45, 2.75) is 31.5 Å². The molecule has 0 radical (unpaired) electrons. The third kappa shape index (κ3) is 6.73. The van der Waals surface area contributed by atoms with Gasteiger partial charge in [0.25, 0.3) is 0 Å². The summed E-state index contributed by atoms with van der Waals surface area (Å²) in [5.74, 6) is 2.61. The van der Waals surface area contributed by atoms with E-state index in [9.17, 15) is 0 Å². The Morgan fingerprint density at radius 1 is 1.07 bits per heavy atom. The van der Waals surface area contributed by atoms with Crippen LogP contribution in [0.4, 0.5) is 0 Å². The summed E-state index contributed by atoms with van der Waals surface area (Å²) < 4.78 is 1.99. The van der Waals surface area contributed by atoms with Crippen LogP contribution in [0.25, 0.3) is 0 Å². The number of aryl methyl sites for hydroxylation is 1. The Hall–Kier alpha value is -2.07. The lowest BCUT2D eigenvalue weighted by Gasteiger charge is -2.23. The van der Waals surface area contributed by atoms with Crippen LogP contribution in [0.1, 0.15) is 22.8 Å². The predicted molar refractivity (Wildman–Crippen MR) is 135 cm³/mol. The van der Waals surface area contributed by atoms with Gasteiger partial charge in [0.2, 0.25) is 0 Å². The maximum atomic E-state index is 4.85. The predicted octanol–water partition coefficient (Wildman–Crippen LogP) is 4.24. The molecule has 0 saturated heterocycles. The van der Waals surface area contributed by atoms with Gasteiger partial charge < -0.3 is 14.8 Å². The SMILES string of the molecule is CSc1ccc(CN(C)C(=NCc2ccccc2)NCc2nnc(C)n2C)cc1.I. The monoisotopic (exact) mass is 536 g/mol. The van der Waals surface area contributed by atoms with Gasteiger partial charge in [0, 0.05) is 25.5 Å². The molecule has 0 spiro atoms. The highest BCUT2D eigenvalue weighted by Crippen LogP contribution is 2.15. The van der Waals surface area contributed by atoms with E-state index in [-0.39, 0.29) is 24.0 Å². The summed E-state index contributed by atoms with van der Waals surface area (Å²) in [6.07, 6.45) is 2.09. The molecule has 2 aromatic carbocycles. The molecule has 0 saturated carbocycles. The van der Waals surface area contributed by atoms with Gasteiger partial charge in [0.1, 0.15) is 5.82 Å². The number of hydrogen-bond acceptors (Lipinski definition) is 4. The van der Waals surface area contributed by atoms with Crippen LogP contribution in [-0.2, 0) is 26.7 Å². The zero-order valence-electron chi connectivity index (χ0n) is 17.9. The minimum atomic E-state index is 0. The first-order valence-corrected chi connectivity index (χ1v) is 10.8. The van der Waals surface area contributed by atoms with Gasteiger partial charge in [-0.15, -0.1) is 45.9 Å². The van der Waals surface area contributed by atoms with E-state index in [1.807, 2.05) is 36.7 Å². The van der Waals surface area contributed by atoms with Crippen molar-refractivity contribution in [3.8, 4) is 0 Å². The molecule has 1 heterocycles. The van der Waals surface area contributed by atoms with Crippen LogP contribution < -0.4 is 5.32 Å². The first-order valence-electron chi connectivity index (χ1n) is 9.58. The summed E-state index contributed by atoms with van der Waals surface area (Å²) in [4.78, 5) is 8.25. The number of nitrogens with zero attached hydrogens (tertiary/aromatic N) is 5. The number of rotatable bonds is 7. The third-order valence-corrected chi connectivity index (χ3v) is 5.53. The minimum absolute atomic E-state index is 0. The molecule has 160 valence electrons. The van der Waals surface area contributed by atoms with E-state index in [1.165, 1.54) is 16.0 Å². The van der Waals surface area contributed by atoms with Crippen molar-refractivity contribution in [1.82, 2.24) is 25.0 Å².